The van der Waals surface area contributed by atoms with Gasteiger partial charge in [0.05, 0.1) is 10.6 Å². The van der Waals surface area contributed by atoms with Crippen molar-refractivity contribution in [1.29, 1.82) is 0 Å². The van der Waals surface area contributed by atoms with Gasteiger partial charge in [0.2, 0.25) is 0 Å². The molecule has 1 aromatic heterocycles. The molecule has 3 aromatic carbocycles. The van der Waals surface area contributed by atoms with Gasteiger partial charge in [-0.1, -0.05) is 30.3 Å². The highest BCUT2D eigenvalue weighted by Gasteiger charge is 2.22. The molecule has 9 heteroatoms. The van der Waals surface area contributed by atoms with E-state index in [9.17, 15) is 13.2 Å². The van der Waals surface area contributed by atoms with Gasteiger partial charge in [0.1, 0.15) is 30.5 Å². The second-order valence-electron chi connectivity index (χ2n) is 8.97. The van der Waals surface area contributed by atoms with Crippen LogP contribution in [0, 0.1) is 0 Å². The van der Waals surface area contributed by atoms with E-state index < -0.39 is 9.84 Å². The third-order valence-corrected chi connectivity index (χ3v) is 7.31. The van der Waals surface area contributed by atoms with Crippen LogP contribution in [-0.4, -0.2) is 42.9 Å². The van der Waals surface area contributed by atoms with E-state index in [4.69, 9.17) is 9.47 Å². The lowest BCUT2D eigenvalue weighted by molar-refractivity contribution is 0.216. The largest absolute Gasteiger partial charge is 0.490 e. The Morgan fingerprint density at radius 2 is 1.84 bits per heavy atom. The highest BCUT2D eigenvalue weighted by Crippen LogP contribution is 2.29. The summed E-state index contributed by atoms with van der Waals surface area (Å²) in [6, 6.07) is 21.8. The molecule has 37 heavy (non-hydrogen) atoms. The Labute approximate surface area is 215 Å². The first-order valence-corrected chi connectivity index (χ1v) is 13.8. The zero-order valence-corrected chi connectivity index (χ0v) is 21.1. The third kappa shape index (κ3) is 6.00. The number of imidazole rings is 1. The van der Waals surface area contributed by atoms with Crippen molar-refractivity contribution in [3.63, 3.8) is 0 Å². The van der Waals surface area contributed by atoms with Crippen LogP contribution in [0.2, 0.25) is 0 Å². The molecule has 0 radical (unpaired) electrons. The SMILES string of the molecule is CS(=O)(=O)c1ccc(COc2ccc(-c3cn(C(=O)NCCC4Cc5ccccc5O4)cn3)cc2)cc1. The molecule has 1 aliphatic heterocycles. The van der Waals surface area contributed by atoms with Crippen molar-refractivity contribution in [2.45, 2.75) is 30.4 Å². The third-order valence-electron chi connectivity index (χ3n) is 6.18. The predicted octanol–water partition coefficient (Wildman–Crippen LogP) is 4.48. The fourth-order valence-electron chi connectivity index (χ4n) is 4.15. The monoisotopic (exact) mass is 517 g/mol. The lowest BCUT2D eigenvalue weighted by Gasteiger charge is -2.11. The van der Waals surface area contributed by atoms with Crippen LogP contribution < -0.4 is 14.8 Å². The number of sulfone groups is 1. The number of aromatic nitrogens is 2. The first kappa shape index (κ1) is 24.6. The van der Waals surface area contributed by atoms with Gasteiger partial charge in [-0.05, 0) is 53.6 Å². The van der Waals surface area contributed by atoms with Gasteiger partial charge in [0.15, 0.2) is 9.84 Å². The number of carbonyl (C=O) groups excluding carboxylic acids is 1. The topological polar surface area (TPSA) is 99.5 Å². The number of nitrogens with one attached hydrogen (secondary N) is 1. The molecule has 0 aliphatic carbocycles. The van der Waals surface area contributed by atoms with Gasteiger partial charge < -0.3 is 14.8 Å². The number of rotatable bonds is 8. The van der Waals surface area contributed by atoms with Gasteiger partial charge in [-0.3, -0.25) is 4.57 Å². The minimum absolute atomic E-state index is 0.0728. The second kappa shape index (κ2) is 10.5. The van der Waals surface area contributed by atoms with Gasteiger partial charge >= 0.3 is 6.03 Å². The Morgan fingerprint density at radius 1 is 1.08 bits per heavy atom. The van der Waals surface area contributed by atoms with Crippen molar-refractivity contribution in [2.75, 3.05) is 12.8 Å². The van der Waals surface area contributed by atoms with Crippen molar-refractivity contribution in [2.24, 2.45) is 0 Å². The van der Waals surface area contributed by atoms with Crippen molar-refractivity contribution >= 4 is 15.9 Å². The number of fused-ring (bicyclic) bond motifs is 1. The summed E-state index contributed by atoms with van der Waals surface area (Å²) in [6.45, 7) is 0.824. The second-order valence-corrected chi connectivity index (χ2v) is 11.0. The Kier molecular flexibility index (Phi) is 6.96. The Balaban J connectivity index is 1.10. The van der Waals surface area contributed by atoms with Crippen molar-refractivity contribution in [3.05, 3.63) is 96.4 Å². The zero-order chi connectivity index (χ0) is 25.8. The molecule has 1 aliphatic rings. The van der Waals surface area contributed by atoms with Crippen LogP contribution in [0.5, 0.6) is 11.5 Å². The number of nitrogens with zero attached hydrogens (tertiary/aromatic N) is 2. The number of carbonyl (C=O) groups is 1. The van der Waals surface area contributed by atoms with Crippen molar-refractivity contribution in [3.8, 4) is 22.8 Å². The lowest BCUT2D eigenvalue weighted by Crippen LogP contribution is -2.31. The first-order valence-electron chi connectivity index (χ1n) is 11.9. The highest BCUT2D eigenvalue weighted by molar-refractivity contribution is 7.90. The van der Waals surface area contributed by atoms with E-state index in [0.717, 1.165) is 29.7 Å². The molecule has 0 fully saturated rings. The molecule has 5 rings (SSSR count). The van der Waals surface area contributed by atoms with Crippen LogP contribution in [0.1, 0.15) is 17.5 Å². The molecule has 0 spiro atoms. The summed E-state index contributed by atoms with van der Waals surface area (Å²) in [7, 11) is -3.22. The summed E-state index contributed by atoms with van der Waals surface area (Å²) in [5.41, 5.74) is 3.60. The van der Waals surface area contributed by atoms with Crippen molar-refractivity contribution in [1.82, 2.24) is 14.9 Å². The lowest BCUT2D eigenvalue weighted by atomic mass is 10.1. The predicted molar refractivity (Wildman–Crippen MR) is 140 cm³/mol. The van der Waals surface area contributed by atoms with Crippen LogP contribution in [0.4, 0.5) is 4.79 Å². The summed E-state index contributed by atoms with van der Waals surface area (Å²) in [6.07, 6.45) is 6.03. The van der Waals surface area contributed by atoms with E-state index >= 15 is 0 Å². The number of para-hydroxylation sites is 1. The Bertz CT molecular complexity index is 1470. The normalized spacial score (nSPS) is 14.6. The standard InChI is InChI=1S/C28H27N3O5S/c1-37(33,34)25-12-6-20(7-13-25)18-35-23-10-8-21(9-11-23)26-17-31(19-30-26)28(32)29-15-14-24-16-22-4-2-3-5-27(22)36-24/h2-13,17,19,24H,14-16,18H2,1H3,(H,29,32). The summed E-state index contributed by atoms with van der Waals surface area (Å²) in [5.74, 6) is 1.60. The quantitative estimate of drug-likeness (QED) is 0.370. The van der Waals surface area contributed by atoms with Gasteiger partial charge in [-0.15, -0.1) is 0 Å². The molecule has 190 valence electrons. The smallest absolute Gasteiger partial charge is 0.326 e. The Morgan fingerprint density at radius 3 is 2.57 bits per heavy atom. The van der Waals surface area contributed by atoms with Crippen LogP contribution in [0.25, 0.3) is 11.3 Å². The molecular weight excluding hydrogens is 490 g/mol. The maximum atomic E-state index is 12.5. The number of hydrogen-bond donors (Lipinski definition) is 1. The first-order chi connectivity index (χ1) is 17.8. The molecule has 4 aromatic rings. The maximum absolute atomic E-state index is 12.5. The van der Waals surface area contributed by atoms with Crippen molar-refractivity contribution < 1.29 is 22.7 Å². The number of amides is 1. The molecule has 8 nitrogen and oxygen atoms in total. The molecule has 0 bridgehead atoms. The molecule has 0 saturated heterocycles. The summed E-state index contributed by atoms with van der Waals surface area (Å²) in [5, 5.41) is 2.92. The van der Waals surface area contributed by atoms with Gasteiger partial charge in [0.25, 0.3) is 0 Å². The average molecular weight is 518 g/mol. The highest BCUT2D eigenvalue weighted by atomic mass is 32.2. The van der Waals surface area contributed by atoms with Gasteiger partial charge in [0, 0.05) is 37.4 Å². The number of hydrogen-bond acceptors (Lipinski definition) is 6. The number of benzene rings is 3. The fraction of sp³-hybridized carbons (Fsp3) is 0.214. The number of ether oxygens (including phenoxy) is 2. The van der Waals surface area contributed by atoms with Crippen LogP contribution in [0.15, 0.2) is 90.2 Å². The van der Waals surface area contributed by atoms with E-state index in [0.29, 0.717) is 24.6 Å². The van der Waals surface area contributed by atoms with E-state index in [1.807, 2.05) is 42.5 Å². The van der Waals surface area contributed by atoms with E-state index in [2.05, 4.69) is 16.4 Å². The van der Waals surface area contributed by atoms with Crippen LogP contribution in [-0.2, 0) is 22.9 Å². The molecule has 1 unspecified atom stereocenters. The van der Waals surface area contributed by atoms with Gasteiger partial charge in [-0.2, -0.15) is 0 Å². The van der Waals surface area contributed by atoms with Gasteiger partial charge in [-0.25, -0.2) is 18.2 Å². The average Bonchev–Trinajstić information content (AvgIpc) is 3.55. The molecule has 1 amide bonds. The van der Waals surface area contributed by atoms with E-state index in [1.54, 1.807) is 30.5 Å². The molecular formula is C28H27N3O5S. The van der Waals surface area contributed by atoms with Crippen LogP contribution >= 0.6 is 0 Å². The summed E-state index contributed by atoms with van der Waals surface area (Å²) in [4.78, 5) is 17.2. The maximum Gasteiger partial charge on any atom is 0.326 e. The van der Waals surface area contributed by atoms with E-state index in [1.165, 1.54) is 22.7 Å². The molecule has 1 atom stereocenters. The zero-order valence-electron chi connectivity index (χ0n) is 20.3. The molecule has 1 N–H and O–H groups in total. The molecule has 2 heterocycles. The fourth-order valence-corrected chi connectivity index (χ4v) is 4.78. The van der Waals surface area contributed by atoms with E-state index in [-0.39, 0.29) is 17.0 Å². The summed E-state index contributed by atoms with van der Waals surface area (Å²) >= 11 is 0. The molecule has 0 saturated carbocycles. The summed E-state index contributed by atoms with van der Waals surface area (Å²) < 4.78 is 36.3. The van der Waals surface area contributed by atoms with Crippen LogP contribution in [0.3, 0.4) is 0 Å². The minimum atomic E-state index is -3.22. The minimum Gasteiger partial charge on any atom is -0.490 e. The Hall–Kier alpha value is -4.11.